The largest absolute Gasteiger partial charge is 0.370 e. The number of benzene rings is 1. The van der Waals surface area contributed by atoms with Crippen LogP contribution in [0.15, 0.2) is 26.9 Å². The summed E-state index contributed by atoms with van der Waals surface area (Å²) in [6, 6.07) is 2.22. The highest BCUT2D eigenvalue weighted by Crippen LogP contribution is 2.37. The molecule has 1 amide bonds. The van der Waals surface area contributed by atoms with E-state index < -0.39 is 41.7 Å². The number of hydrogen-bond acceptors (Lipinski definition) is 5. The first-order valence-electron chi connectivity index (χ1n) is 6.67. The molecule has 1 aliphatic carbocycles. The van der Waals surface area contributed by atoms with E-state index >= 15 is 0 Å². The zero-order valence-electron chi connectivity index (χ0n) is 13.0. The molecule has 0 atom stereocenters. The van der Waals surface area contributed by atoms with Gasteiger partial charge in [0, 0.05) is 11.8 Å². The molecule has 1 aliphatic rings. The molecule has 1 saturated carbocycles. The lowest BCUT2D eigenvalue weighted by Crippen LogP contribution is -2.24. The van der Waals surface area contributed by atoms with Gasteiger partial charge in [0.1, 0.15) is 0 Å². The molecule has 0 bridgehead atoms. The summed E-state index contributed by atoms with van der Waals surface area (Å²) in [5.41, 5.74) is 10.5. The van der Waals surface area contributed by atoms with Gasteiger partial charge in [-0.3, -0.25) is 4.79 Å². The predicted molar refractivity (Wildman–Crippen MR) is 91.9 cm³/mol. The van der Waals surface area contributed by atoms with Crippen molar-refractivity contribution in [2.75, 3.05) is 6.26 Å². The molecule has 0 aliphatic heterocycles. The van der Waals surface area contributed by atoms with E-state index in [4.69, 9.17) is 11.5 Å². The first kappa shape index (κ1) is 20.4. The van der Waals surface area contributed by atoms with Crippen LogP contribution in [0.3, 0.4) is 0 Å². The maximum Gasteiger partial charge on any atom is 0.280 e. The third-order valence-electron chi connectivity index (χ3n) is 3.42. The lowest BCUT2D eigenvalue weighted by Gasteiger charge is -2.12. The molecular formula is C13H18ClN3O5S2. The summed E-state index contributed by atoms with van der Waals surface area (Å²) in [5.74, 6) is -1.30. The van der Waals surface area contributed by atoms with E-state index in [1.165, 1.54) is 13.0 Å². The fourth-order valence-corrected chi connectivity index (χ4v) is 5.49. The van der Waals surface area contributed by atoms with Gasteiger partial charge in [-0.1, -0.05) is 0 Å². The van der Waals surface area contributed by atoms with Gasteiger partial charge in [0.2, 0.25) is 0 Å². The Balaban J connectivity index is 0.00000288. The average molecular weight is 396 g/mol. The Morgan fingerprint density at radius 1 is 1.12 bits per heavy atom. The van der Waals surface area contributed by atoms with Crippen LogP contribution in [0.1, 0.15) is 28.8 Å². The maximum absolute atomic E-state index is 12.5. The molecule has 2 rings (SSSR count). The monoisotopic (exact) mass is 395 g/mol. The van der Waals surface area contributed by atoms with E-state index in [1.807, 2.05) is 0 Å². The Labute approximate surface area is 146 Å². The topological polar surface area (TPSA) is 150 Å². The smallest absolute Gasteiger partial charge is 0.280 e. The third-order valence-corrected chi connectivity index (χ3v) is 6.99. The van der Waals surface area contributed by atoms with Crippen LogP contribution in [0.25, 0.3) is 0 Å². The molecule has 0 saturated heterocycles. The van der Waals surface area contributed by atoms with Gasteiger partial charge in [0.15, 0.2) is 25.6 Å². The zero-order chi connectivity index (χ0) is 17.6. The minimum absolute atomic E-state index is 0. The summed E-state index contributed by atoms with van der Waals surface area (Å²) in [6.07, 6.45) is 1.89. The molecular weight excluding hydrogens is 378 g/mol. The second-order valence-electron chi connectivity index (χ2n) is 5.47. The number of guanidine groups is 1. The number of hydrogen-bond donors (Lipinski definition) is 2. The zero-order valence-corrected chi connectivity index (χ0v) is 15.5. The number of carbonyl (C=O) groups excluding carboxylic acids is 1. The molecule has 8 nitrogen and oxygen atoms in total. The molecule has 0 unspecified atom stereocenters. The van der Waals surface area contributed by atoms with Gasteiger partial charge in [-0.2, -0.15) is 4.99 Å². The minimum Gasteiger partial charge on any atom is -0.370 e. The predicted octanol–water partition coefficient (Wildman–Crippen LogP) is 0.170. The van der Waals surface area contributed by atoms with Crippen LogP contribution in [0.5, 0.6) is 0 Å². The van der Waals surface area contributed by atoms with Crippen molar-refractivity contribution in [1.29, 1.82) is 0 Å². The van der Waals surface area contributed by atoms with Crippen molar-refractivity contribution in [3.8, 4) is 0 Å². The van der Waals surface area contributed by atoms with Crippen molar-refractivity contribution in [2.45, 2.75) is 34.8 Å². The molecule has 11 heteroatoms. The number of carbonyl (C=O) groups is 1. The quantitative estimate of drug-likeness (QED) is 0.544. The van der Waals surface area contributed by atoms with E-state index in [1.54, 1.807) is 0 Å². The summed E-state index contributed by atoms with van der Waals surface area (Å²) in [4.78, 5) is 14.6. The molecule has 134 valence electrons. The Morgan fingerprint density at radius 2 is 1.67 bits per heavy atom. The summed E-state index contributed by atoms with van der Waals surface area (Å²) in [5, 5.41) is -0.568. The Bertz CT molecular complexity index is 915. The average Bonchev–Trinajstić information content (AvgIpc) is 3.20. The Morgan fingerprint density at radius 3 is 2.08 bits per heavy atom. The molecule has 0 radical (unpaired) electrons. The van der Waals surface area contributed by atoms with E-state index in [0.717, 1.165) is 12.3 Å². The van der Waals surface area contributed by atoms with Gasteiger partial charge in [-0.05, 0) is 37.5 Å². The van der Waals surface area contributed by atoms with Crippen LogP contribution < -0.4 is 11.5 Å². The van der Waals surface area contributed by atoms with Crippen molar-refractivity contribution < 1.29 is 21.6 Å². The Kier molecular flexibility index (Phi) is 5.69. The fraction of sp³-hybridized carbons (Fsp3) is 0.385. The molecule has 1 aromatic rings. The van der Waals surface area contributed by atoms with E-state index in [9.17, 15) is 21.6 Å². The van der Waals surface area contributed by atoms with Crippen molar-refractivity contribution in [3.05, 3.63) is 23.3 Å². The first-order valence-corrected chi connectivity index (χ1v) is 10.1. The molecule has 1 aromatic carbocycles. The van der Waals surface area contributed by atoms with E-state index in [0.29, 0.717) is 12.8 Å². The van der Waals surface area contributed by atoms with Gasteiger partial charge in [0.05, 0.1) is 15.0 Å². The lowest BCUT2D eigenvalue weighted by atomic mass is 10.1. The van der Waals surface area contributed by atoms with Crippen LogP contribution in [0, 0.1) is 6.92 Å². The van der Waals surface area contributed by atoms with Gasteiger partial charge >= 0.3 is 0 Å². The SMILES string of the molecule is Cc1cc(S(=O)(=O)C2CC2)c(S(C)(=O)=O)cc1C(=O)N=C(N)N.Cl. The highest BCUT2D eigenvalue weighted by molar-refractivity contribution is 7.94. The maximum atomic E-state index is 12.5. The van der Waals surface area contributed by atoms with Gasteiger partial charge in [-0.25, -0.2) is 16.8 Å². The van der Waals surface area contributed by atoms with Gasteiger partial charge < -0.3 is 11.5 Å². The number of nitrogens with two attached hydrogens (primary N) is 2. The van der Waals surface area contributed by atoms with Crippen LogP contribution >= 0.6 is 12.4 Å². The fourth-order valence-electron chi connectivity index (χ4n) is 2.14. The number of amides is 1. The summed E-state index contributed by atoms with van der Waals surface area (Å²) >= 11 is 0. The van der Waals surface area contributed by atoms with Gasteiger partial charge in [0.25, 0.3) is 5.91 Å². The molecule has 0 aromatic heterocycles. The normalized spacial score (nSPS) is 14.6. The van der Waals surface area contributed by atoms with Crippen molar-refractivity contribution in [3.63, 3.8) is 0 Å². The minimum atomic E-state index is -3.87. The molecule has 24 heavy (non-hydrogen) atoms. The van der Waals surface area contributed by atoms with Crippen molar-refractivity contribution in [2.24, 2.45) is 16.5 Å². The standard InChI is InChI=1S/C13H17N3O5S2.ClH/c1-7-5-11(23(20,21)8-3-4-8)10(22(2,18)19)6-9(7)12(17)16-13(14)15;/h5-6,8H,3-4H2,1-2H3,(H4,14,15,16,17);1H. The highest BCUT2D eigenvalue weighted by Gasteiger charge is 2.40. The number of halogens is 1. The number of rotatable bonds is 4. The second-order valence-corrected chi connectivity index (χ2v) is 9.65. The molecule has 4 N–H and O–H groups in total. The number of aliphatic imine (C=N–C) groups is 1. The van der Waals surface area contributed by atoms with Crippen LogP contribution in [0.4, 0.5) is 0 Å². The van der Waals surface area contributed by atoms with Crippen LogP contribution in [-0.4, -0.2) is 40.2 Å². The number of sulfone groups is 2. The third kappa shape index (κ3) is 4.05. The van der Waals surface area contributed by atoms with E-state index in [-0.39, 0.29) is 28.4 Å². The first-order chi connectivity index (χ1) is 10.4. The highest BCUT2D eigenvalue weighted by atomic mass is 35.5. The number of aryl methyl sites for hydroxylation is 1. The summed E-state index contributed by atoms with van der Waals surface area (Å²) in [7, 11) is -7.61. The van der Waals surface area contributed by atoms with Crippen LogP contribution in [0.2, 0.25) is 0 Å². The molecule has 1 fully saturated rings. The Hall–Kier alpha value is -1.65. The van der Waals surface area contributed by atoms with Crippen molar-refractivity contribution >= 4 is 43.9 Å². The van der Waals surface area contributed by atoms with Gasteiger partial charge in [-0.15, -0.1) is 12.4 Å². The summed E-state index contributed by atoms with van der Waals surface area (Å²) in [6.45, 7) is 1.49. The van der Waals surface area contributed by atoms with Crippen LogP contribution in [-0.2, 0) is 19.7 Å². The van der Waals surface area contributed by atoms with Crippen molar-refractivity contribution in [1.82, 2.24) is 0 Å². The summed E-state index contributed by atoms with van der Waals surface area (Å²) < 4.78 is 48.9. The van der Waals surface area contributed by atoms with E-state index in [2.05, 4.69) is 4.99 Å². The number of nitrogens with zero attached hydrogens (tertiary/aromatic N) is 1. The molecule has 0 spiro atoms. The lowest BCUT2D eigenvalue weighted by molar-refractivity contribution is 0.100. The second kappa shape index (κ2) is 6.69. The molecule has 0 heterocycles.